The van der Waals surface area contributed by atoms with Gasteiger partial charge in [-0.15, -0.1) is 11.3 Å². The molecule has 2 aromatic rings. The largest absolute Gasteiger partial charge is 0.378 e. The Labute approximate surface area is 134 Å². The average Bonchev–Trinajstić information content (AvgIpc) is 3.06. The second kappa shape index (κ2) is 7.13. The number of ether oxygens (including phenoxy) is 1. The zero-order valence-corrected chi connectivity index (χ0v) is 13.5. The van der Waals surface area contributed by atoms with Crippen molar-refractivity contribution in [3.8, 4) is 0 Å². The van der Waals surface area contributed by atoms with E-state index in [9.17, 15) is 4.79 Å². The number of ketones is 1. The molecule has 0 unspecified atom stereocenters. The van der Waals surface area contributed by atoms with Gasteiger partial charge in [-0.25, -0.2) is 0 Å². The van der Waals surface area contributed by atoms with Crippen LogP contribution in [-0.4, -0.2) is 41.5 Å². The number of carbonyl (C=O) groups is 1. The molecular weight excluding hydrogens is 296 g/mol. The van der Waals surface area contributed by atoms with Gasteiger partial charge in [0.25, 0.3) is 0 Å². The molecule has 2 aromatic heterocycles. The van der Waals surface area contributed by atoms with E-state index in [1.165, 1.54) is 16.9 Å². The molecule has 22 heavy (non-hydrogen) atoms. The van der Waals surface area contributed by atoms with Gasteiger partial charge in [-0.2, -0.15) is 0 Å². The molecule has 0 N–H and O–H groups in total. The Kier molecular flexibility index (Phi) is 4.97. The second-order valence-electron chi connectivity index (χ2n) is 5.57. The highest BCUT2D eigenvalue weighted by Gasteiger charge is 2.26. The molecule has 116 valence electrons. The summed E-state index contributed by atoms with van der Waals surface area (Å²) in [4.78, 5) is 20.0. The molecule has 0 spiro atoms. The van der Waals surface area contributed by atoms with E-state index < -0.39 is 0 Å². The Morgan fingerprint density at radius 1 is 1.45 bits per heavy atom. The number of rotatable bonds is 5. The third-order valence-electron chi connectivity index (χ3n) is 4.04. The summed E-state index contributed by atoms with van der Waals surface area (Å²) < 4.78 is 5.59. The summed E-state index contributed by atoms with van der Waals surface area (Å²) in [5.74, 6) is 0.202. The van der Waals surface area contributed by atoms with E-state index in [0.29, 0.717) is 13.0 Å². The number of hydrogen-bond donors (Lipinski definition) is 0. The van der Waals surface area contributed by atoms with Crippen molar-refractivity contribution in [1.29, 1.82) is 0 Å². The maximum atomic E-state index is 12.4. The lowest BCUT2D eigenvalue weighted by Gasteiger charge is -2.35. The van der Waals surface area contributed by atoms with Gasteiger partial charge in [0.2, 0.25) is 0 Å². The van der Waals surface area contributed by atoms with Gasteiger partial charge >= 0.3 is 0 Å². The quantitative estimate of drug-likeness (QED) is 0.796. The highest BCUT2D eigenvalue weighted by atomic mass is 32.1. The van der Waals surface area contributed by atoms with Crippen LogP contribution in [0.5, 0.6) is 0 Å². The first-order valence-corrected chi connectivity index (χ1v) is 8.41. The zero-order valence-electron chi connectivity index (χ0n) is 12.7. The maximum Gasteiger partial charge on any atom is 0.174 e. The topological polar surface area (TPSA) is 42.4 Å². The van der Waals surface area contributed by atoms with E-state index in [1.807, 2.05) is 29.8 Å². The fraction of sp³-hybridized carbons (Fsp3) is 0.412. The van der Waals surface area contributed by atoms with Crippen molar-refractivity contribution in [2.45, 2.75) is 25.9 Å². The van der Waals surface area contributed by atoms with Gasteiger partial charge in [-0.3, -0.25) is 14.7 Å². The van der Waals surface area contributed by atoms with Gasteiger partial charge < -0.3 is 4.74 Å². The van der Waals surface area contributed by atoms with E-state index in [0.717, 1.165) is 30.3 Å². The normalized spacial score (nSPS) is 19.2. The molecule has 0 aromatic carbocycles. The fourth-order valence-corrected chi connectivity index (χ4v) is 3.39. The Morgan fingerprint density at radius 2 is 2.36 bits per heavy atom. The molecule has 0 bridgehead atoms. The van der Waals surface area contributed by atoms with Crippen molar-refractivity contribution >= 4 is 17.1 Å². The highest BCUT2D eigenvalue weighted by molar-refractivity contribution is 7.12. The van der Waals surface area contributed by atoms with Crippen LogP contribution in [0.25, 0.3) is 0 Å². The van der Waals surface area contributed by atoms with Crippen LogP contribution in [0.15, 0.2) is 35.8 Å². The Bertz CT molecular complexity index is 627. The first kappa shape index (κ1) is 15.3. The van der Waals surface area contributed by atoms with Gasteiger partial charge in [0, 0.05) is 31.7 Å². The number of carbonyl (C=O) groups excluding carboxylic acids is 1. The molecule has 1 saturated heterocycles. The summed E-state index contributed by atoms with van der Waals surface area (Å²) in [5, 5.41) is 1.94. The molecule has 0 amide bonds. The number of Topliss-reactive ketones (excluding diaryl/α,β-unsaturated/α-hetero) is 1. The van der Waals surface area contributed by atoms with E-state index in [2.05, 4.69) is 22.9 Å². The smallest absolute Gasteiger partial charge is 0.174 e. The maximum absolute atomic E-state index is 12.4. The van der Waals surface area contributed by atoms with Crippen molar-refractivity contribution in [1.82, 2.24) is 9.88 Å². The monoisotopic (exact) mass is 316 g/mol. The summed E-state index contributed by atoms with van der Waals surface area (Å²) in [5.41, 5.74) is 2.27. The summed E-state index contributed by atoms with van der Waals surface area (Å²) in [6.07, 6.45) is 2.33. The van der Waals surface area contributed by atoms with Crippen LogP contribution in [0.3, 0.4) is 0 Å². The third kappa shape index (κ3) is 3.61. The number of hydrogen-bond acceptors (Lipinski definition) is 5. The Morgan fingerprint density at radius 3 is 3.14 bits per heavy atom. The zero-order chi connectivity index (χ0) is 15.4. The van der Waals surface area contributed by atoms with Crippen molar-refractivity contribution in [2.75, 3.05) is 19.8 Å². The van der Waals surface area contributed by atoms with Crippen LogP contribution in [0.1, 0.15) is 27.3 Å². The average molecular weight is 316 g/mol. The van der Waals surface area contributed by atoms with Gasteiger partial charge in [0.15, 0.2) is 5.78 Å². The molecule has 0 radical (unpaired) electrons. The molecule has 5 heteroatoms. The van der Waals surface area contributed by atoms with Crippen molar-refractivity contribution in [2.24, 2.45) is 0 Å². The van der Waals surface area contributed by atoms with Gasteiger partial charge in [0.1, 0.15) is 0 Å². The first-order chi connectivity index (χ1) is 10.7. The van der Waals surface area contributed by atoms with E-state index >= 15 is 0 Å². The van der Waals surface area contributed by atoms with Crippen molar-refractivity contribution in [3.05, 3.63) is 52.0 Å². The number of pyridine rings is 1. The minimum absolute atomic E-state index is 0.129. The Hall–Kier alpha value is -1.56. The molecule has 1 aliphatic rings. The number of morpholine rings is 1. The molecule has 3 heterocycles. The minimum Gasteiger partial charge on any atom is -0.378 e. The SMILES string of the molecule is Cc1cccnc1CN1CCOC[C@H]1CC(=O)c1cccs1. The summed E-state index contributed by atoms with van der Waals surface area (Å²) in [6.45, 7) is 5.03. The minimum atomic E-state index is 0.129. The number of nitrogens with zero attached hydrogens (tertiary/aromatic N) is 2. The molecule has 1 atom stereocenters. The van der Waals surface area contributed by atoms with Gasteiger partial charge in [-0.05, 0) is 30.0 Å². The second-order valence-corrected chi connectivity index (χ2v) is 6.52. The van der Waals surface area contributed by atoms with Crippen LogP contribution in [0.2, 0.25) is 0 Å². The van der Waals surface area contributed by atoms with E-state index in [-0.39, 0.29) is 11.8 Å². The lowest BCUT2D eigenvalue weighted by atomic mass is 10.1. The van der Waals surface area contributed by atoms with Crippen LogP contribution >= 0.6 is 11.3 Å². The Balaban J connectivity index is 1.69. The first-order valence-electron chi connectivity index (χ1n) is 7.53. The summed E-state index contributed by atoms with van der Waals surface area (Å²) in [7, 11) is 0. The van der Waals surface area contributed by atoms with Crippen LogP contribution < -0.4 is 0 Å². The lowest BCUT2D eigenvalue weighted by molar-refractivity contribution is -0.0131. The van der Waals surface area contributed by atoms with Crippen molar-refractivity contribution < 1.29 is 9.53 Å². The van der Waals surface area contributed by atoms with E-state index in [1.54, 1.807) is 0 Å². The molecular formula is C17H20N2O2S. The lowest BCUT2D eigenvalue weighted by Crippen LogP contribution is -2.46. The van der Waals surface area contributed by atoms with Crippen LogP contribution in [0.4, 0.5) is 0 Å². The predicted octanol–water partition coefficient (Wildman–Crippen LogP) is 2.93. The van der Waals surface area contributed by atoms with Crippen molar-refractivity contribution in [3.63, 3.8) is 0 Å². The highest BCUT2D eigenvalue weighted by Crippen LogP contribution is 2.19. The standard InChI is InChI=1S/C17H20N2O2S/c1-13-4-2-6-18-15(13)11-19-7-8-21-12-14(19)10-16(20)17-5-3-9-22-17/h2-6,9,14H,7-8,10-12H2,1H3/t14-/m1/s1. The van der Waals surface area contributed by atoms with Crippen LogP contribution in [-0.2, 0) is 11.3 Å². The molecule has 0 aliphatic carbocycles. The summed E-state index contributed by atoms with van der Waals surface area (Å²) >= 11 is 1.51. The molecule has 3 rings (SSSR count). The third-order valence-corrected chi connectivity index (χ3v) is 4.95. The molecule has 0 saturated carbocycles. The molecule has 1 aliphatic heterocycles. The van der Waals surface area contributed by atoms with E-state index in [4.69, 9.17) is 4.74 Å². The predicted molar refractivity (Wildman–Crippen MR) is 87.3 cm³/mol. The van der Waals surface area contributed by atoms with Gasteiger partial charge in [-0.1, -0.05) is 12.1 Å². The molecule has 4 nitrogen and oxygen atoms in total. The van der Waals surface area contributed by atoms with Gasteiger partial charge in [0.05, 0.1) is 23.8 Å². The van der Waals surface area contributed by atoms with Crippen LogP contribution in [0, 0.1) is 6.92 Å². The number of aromatic nitrogens is 1. The number of thiophene rings is 1. The number of aryl methyl sites for hydroxylation is 1. The summed E-state index contributed by atoms with van der Waals surface area (Å²) in [6, 6.07) is 7.98. The fourth-order valence-electron chi connectivity index (χ4n) is 2.71. The molecule has 1 fully saturated rings.